The van der Waals surface area contributed by atoms with Crippen LogP contribution in [0.5, 0.6) is 0 Å². The van der Waals surface area contributed by atoms with Gasteiger partial charge in [-0.3, -0.25) is 27.1 Å². The van der Waals surface area contributed by atoms with Crippen molar-refractivity contribution in [3.05, 3.63) is 44.0 Å². The summed E-state index contributed by atoms with van der Waals surface area (Å²) >= 11 is 2.23. The quantitative estimate of drug-likeness (QED) is 0.384. The number of hydrogen-bond acceptors (Lipinski definition) is 10. The molecule has 4 N–H and O–H groups in total. The van der Waals surface area contributed by atoms with Gasteiger partial charge in [-0.25, -0.2) is 9.97 Å². The molecule has 1 aliphatic heterocycles. The summed E-state index contributed by atoms with van der Waals surface area (Å²) in [5, 5.41) is 0.948. The number of piperazine rings is 1. The maximum atomic E-state index is 12.9. The van der Waals surface area contributed by atoms with Crippen molar-refractivity contribution >= 4 is 66.9 Å². The SMILES string of the molecule is Cc1cc(N)nc2sn(CC(=O)N3CCN(C(=O)Cn4sc5nc(N)cc(C)c5c4=O)CC3)c(=O)c12. The van der Waals surface area contributed by atoms with E-state index in [2.05, 4.69) is 9.97 Å². The van der Waals surface area contributed by atoms with E-state index in [1.807, 2.05) is 0 Å². The molecule has 0 saturated carbocycles. The molecule has 0 aromatic carbocycles. The summed E-state index contributed by atoms with van der Waals surface area (Å²) in [5.74, 6) is 0.241. The minimum absolute atomic E-state index is 0.0974. The van der Waals surface area contributed by atoms with Crippen molar-refractivity contribution < 1.29 is 9.59 Å². The number of aryl methyl sites for hydroxylation is 2. The average Bonchev–Trinajstić information content (AvgIpc) is 3.29. The van der Waals surface area contributed by atoms with Crippen LogP contribution in [0.1, 0.15) is 11.1 Å². The van der Waals surface area contributed by atoms with Crippen LogP contribution in [0.4, 0.5) is 11.6 Å². The van der Waals surface area contributed by atoms with Crippen LogP contribution < -0.4 is 22.6 Å². The zero-order chi connectivity index (χ0) is 25.7. The summed E-state index contributed by atoms with van der Waals surface area (Å²) in [4.78, 5) is 64.0. The largest absolute Gasteiger partial charge is 0.384 e. The Morgan fingerprint density at radius 3 is 1.50 bits per heavy atom. The van der Waals surface area contributed by atoms with E-state index in [1.165, 1.54) is 7.91 Å². The van der Waals surface area contributed by atoms with E-state index in [-0.39, 0.29) is 36.0 Å². The predicted octanol–water partition coefficient (Wildman–Crippen LogP) is 0.382. The van der Waals surface area contributed by atoms with Crippen LogP contribution in [0.25, 0.3) is 20.4 Å². The van der Waals surface area contributed by atoms with E-state index in [4.69, 9.17) is 11.5 Å². The Morgan fingerprint density at radius 1 is 0.778 bits per heavy atom. The van der Waals surface area contributed by atoms with Crippen molar-refractivity contribution in [2.75, 3.05) is 37.6 Å². The number of nitrogens with zero attached hydrogens (tertiary/aromatic N) is 6. The molecule has 36 heavy (non-hydrogen) atoms. The van der Waals surface area contributed by atoms with Crippen LogP contribution in [-0.2, 0) is 22.7 Å². The van der Waals surface area contributed by atoms with Crippen LogP contribution in [0.3, 0.4) is 0 Å². The van der Waals surface area contributed by atoms with Gasteiger partial charge in [-0.2, -0.15) is 0 Å². The highest BCUT2D eigenvalue weighted by Crippen LogP contribution is 2.21. The summed E-state index contributed by atoms with van der Waals surface area (Å²) in [6.07, 6.45) is 0. The normalized spacial score (nSPS) is 14.2. The summed E-state index contributed by atoms with van der Waals surface area (Å²) < 4.78 is 2.78. The van der Waals surface area contributed by atoms with Crippen LogP contribution in [-0.4, -0.2) is 65.7 Å². The van der Waals surface area contributed by atoms with Gasteiger partial charge in [-0.05, 0) is 60.2 Å². The number of hydrogen-bond donors (Lipinski definition) is 2. The number of pyridine rings is 2. The fourth-order valence-corrected chi connectivity index (χ4v) is 6.48. The van der Waals surface area contributed by atoms with Crippen LogP contribution in [0.2, 0.25) is 0 Å². The zero-order valence-corrected chi connectivity index (χ0v) is 21.3. The number of nitrogens with two attached hydrogens (primary N) is 2. The zero-order valence-electron chi connectivity index (χ0n) is 19.7. The van der Waals surface area contributed by atoms with E-state index in [1.54, 1.807) is 35.8 Å². The number of rotatable bonds is 4. The molecule has 1 aliphatic rings. The molecule has 0 spiro atoms. The van der Waals surface area contributed by atoms with Gasteiger partial charge in [0, 0.05) is 26.2 Å². The lowest BCUT2D eigenvalue weighted by Crippen LogP contribution is -2.52. The van der Waals surface area contributed by atoms with Crippen molar-refractivity contribution in [1.82, 2.24) is 27.7 Å². The second-order valence-electron chi connectivity index (χ2n) is 8.72. The fourth-order valence-electron chi connectivity index (χ4n) is 4.39. The van der Waals surface area contributed by atoms with Crippen LogP contribution >= 0.6 is 23.1 Å². The molecule has 1 saturated heterocycles. The van der Waals surface area contributed by atoms with Gasteiger partial charge < -0.3 is 21.3 Å². The molecule has 0 unspecified atom stereocenters. The summed E-state index contributed by atoms with van der Waals surface area (Å²) in [7, 11) is 0. The molecule has 12 nitrogen and oxygen atoms in total. The second-order valence-corrected chi connectivity index (χ2v) is 10.7. The first-order chi connectivity index (χ1) is 17.1. The second kappa shape index (κ2) is 9.02. The Balaban J connectivity index is 1.23. The highest BCUT2D eigenvalue weighted by atomic mass is 32.1. The Kier molecular flexibility index (Phi) is 6.00. The highest BCUT2D eigenvalue weighted by molar-refractivity contribution is 7.13. The smallest absolute Gasteiger partial charge is 0.270 e. The molecule has 188 valence electrons. The summed E-state index contributed by atoms with van der Waals surface area (Å²) in [5.41, 5.74) is 12.5. The monoisotopic (exact) mass is 528 g/mol. The molecule has 14 heteroatoms. The van der Waals surface area contributed by atoms with Gasteiger partial charge in [0.25, 0.3) is 11.1 Å². The molecule has 0 atom stereocenters. The van der Waals surface area contributed by atoms with Gasteiger partial charge in [0.05, 0.1) is 10.8 Å². The fraction of sp³-hybridized carbons (Fsp3) is 0.364. The predicted molar refractivity (Wildman–Crippen MR) is 139 cm³/mol. The average molecular weight is 529 g/mol. The van der Waals surface area contributed by atoms with Gasteiger partial charge >= 0.3 is 0 Å². The Labute approximate surface area is 212 Å². The first-order valence-corrected chi connectivity index (χ1v) is 12.8. The van der Waals surface area contributed by atoms with Crippen molar-refractivity contribution in [2.45, 2.75) is 26.9 Å². The Hall–Kier alpha value is -3.78. The molecule has 4 aromatic heterocycles. The molecule has 0 radical (unpaired) electrons. The van der Waals surface area contributed by atoms with E-state index in [0.717, 1.165) is 34.2 Å². The summed E-state index contributed by atoms with van der Waals surface area (Å²) in [6.45, 7) is 4.74. The first-order valence-electron chi connectivity index (χ1n) is 11.2. The Bertz CT molecular complexity index is 1520. The topological polar surface area (TPSA) is 162 Å². The first kappa shape index (κ1) is 23.9. The van der Waals surface area contributed by atoms with Crippen LogP contribution in [0.15, 0.2) is 21.7 Å². The van der Waals surface area contributed by atoms with Crippen molar-refractivity contribution in [2.24, 2.45) is 0 Å². The third-order valence-corrected chi connectivity index (χ3v) is 8.19. The number of carbonyl (C=O) groups excluding carboxylic acids is 2. The molecule has 5 heterocycles. The molecule has 5 rings (SSSR count). The maximum Gasteiger partial charge on any atom is 0.270 e. The maximum absolute atomic E-state index is 12.9. The number of aromatic nitrogens is 4. The van der Waals surface area contributed by atoms with Crippen molar-refractivity contribution in [1.29, 1.82) is 0 Å². The van der Waals surface area contributed by atoms with E-state index in [0.29, 0.717) is 58.2 Å². The standard InChI is InChI=1S/C22H24N8O4S2/c1-11-7-13(23)25-19-17(11)21(33)29(35-19)9-15(31)27-3-5-28(6-4-27)16(32)10-30-22(34)18-12(2)8-14(24)26-20(18)36-30/h7-8H,3-6,9-10H2,1-2H3,(H2,23,25)(H2,24,26). The lowest BCUT2D eigenvalue weighted by atomic mass is 10.2. The number of carbonyl (C=O) groups is 2. The van der Waals surface area contributed by atoms with Crippen LogP contribution in [0, 0.1) is 13.8 Å². The van der Waals surface area contributed by atoms with E-state index in [9.17, 15) is 19.2 Å². The van der Waals surface area contributed by atoms with Gasteiger partial charge in [0.2, 0.25) is 11.8 Å². The summed E-state index contributed by atoms with van der Waals surface area (Å²) in [6, 6.07) is 3.28. The molecular formula is C22H24N8O4S2. The van der Waals surface area contributed by atoms with Crippen molar-refractivity contribution in [3.8, 4) is 0 Å². The third-order valence-electron chi connectivity index (χ3n) is 6.22. The lowest BCUT2D eigenvalue weighted by molar-refractivity contribution is -0.140. The number of nitrogen functional groups attached to an aromatic ring is 2. The molecule has 0 aliphatic carbocycles. The van der Waals surface area contributed by atoms with Gasteiger partial charge in [-0.15, -0.1) is 0 Å². The lowest BCUT2D eigenvalue weighted by Gasteiger charge is -2.34. The van der Waals surface area contributed by atoms with Gasteiger partial charge in [0.1, 0.15) is 34.4 Å². The molecule has 1 fully saturated rings. The molecular weight excluding hydrogens is 504 g/mol. The molecule has 0 bridgehead atoms. The minimum atomic E-state index is -0.262. The number of amides is 2. The van der Waals surface area contributed by atoms with E-state index >= 15 is 0 Å². The highest BCUT2D eigenvalue weighted by Gasteiger charge is 2.26. The number of anilines is 2. The van der Waals surface area contributed by atoms with Gasteiger partial charge in [0.15, 0.2) is 0 Å². The molecule has 2 amide bonds. The third kappa shape index (κ3) is 4.22. The van der Waals surface area contributed by atoms with Crippen molar-refractivity contribution in [3.63, 3.8) is 0 Å². The van der Waals surface area contributed by atoms with Gasteiger partial charge in [-0.1, -0.05) is 0 Å². The number of fused-ring (bicyclic) bond motifs is 2. The van der Waals surface area contributed by atoms with E-state index < -0.39 is 0 Å². The molecule has 4 aromatic rings. The Morgan fingerprint density at radius 2 is 1.14 bits per heavy atom. The minimum Gasteiger partial charge on any atom is -0.384 e.